The number of hydrogen-bond acceptors (Lipinski definition) is 5. The van der Waals surface area contributed by atoms with E-state index in [9.17, 15) is 8.78 Å². The predicted molar refractivity (Wildman–Crippen MR) is 88.5 cm³/mol. The average Bonchev–Trinajstić information content (AvgIpc) is 2.83. The molecule has 2 heterocycles. The van der Waals surface area contributed by atoms with Crippen molar-refractivity contribution in [1.82, 2.24) is 15.2 Å². The number of rotatable bonds is 4. The zero-order chi connectivity index (χ0) is 16.4. The van der Waals surface area contributed by atoms with E-state index < -0.39 is 11.6 Å². The van der Waals surface area contributed by atoms with Gasteiger partial charge in [-0.15, -0.1) is 21.5 Å². The van der Waals surface area contributed by atoms with Crippen molar-refractivity contribution in [3.63, 3.8) is 0 Å². The zero-order valence-corrected chi connectivity index (χ0v) is 14.1. The summed E-state index contributed by atoms with van der Waals surface area (Å²) in [4.78, 5) is 5.39. The lowest BCUT2D eigenvalue weighted by Crippen LogP contribution is -1.91. The second-order valence-corrected chi connectivity index (χ2v) is 7.17. The highest BCUT2D eigenvalue weighted by atomic mass is 32.2. The van der Waals surface area contributed by atoms with E-state index in [1.165, 1.54) is 23.9 Å². The summed E-state index contributed by atoms with van der Waals surface area (Å²) in [5.41, 5.74) is 2.30. The van der Waals surface area contributed by atoms with Gasteiger partial charge in [-0.05, 0) is 43.7 Å². The van der Waals surface area contributed by atoms with Crippen molar-refractivity contribution in [2.45, 2.75) is 24.6 Å². The van der Waals surface area contributed by atoms with Crippen molar-refractivity contribution in [3.8, 4) is 10.6 Å². The van der Waals surface area contributed by atoms with Crippen LogP contribution in [0.3, 0.4) is 0 Å². The second-order valence-electron chi connectivity index (χ2n) is 4.97. The monoisotopic (exact) mass is 349 g/mol. The molecular weight excluding hydrogens is 336 g/mol. The first-order valence-corrected chi connectivity index (χ1v) is 8.67. The van der Waals surface area contributed by atoms with Gasteiger partial charge in [-0.1, -0.05) is 11.8 Å². The minimum Gasteiger partial charge on any atom is -0.246 e. The average molecular weight is 349 g/mol. The van der Waals surface area contributed by atoms with Crippen LogP contribution in [0.4, 0.5) is 8.78 Å². The van der Waals surface area contributed by atoms with E-state index in [1.807, 2.05) is 26.0 Å². The number of aromatic nitrogens is 3. The van der Waals surface area contributed by atoms with Gasteiger partial charge in [-0.3, -0.25) is 0 Å². The van der Waals surface area contributed by atoms with Crippen LogP contribution in [0.5, 0.6) is 0 Å². The van der Waals surface area contributed by atoms with Gasteiger partial charge in [0, 0.05) is 11.8 Å². The third-order valence-corrected chi connectivity index (χ3v) is 5.17. The molecule has 0 unspecified atom stereocenters. The topological polar surface area (TPSA) is 38.7 Å². The highest BCUT2D eigenvalue weighted by molar-refractivity contribution is 7.98. The van der Waals surface area contributed by atoms with Gasteiger partial charge in [0.1, 0.15) is 22.4 Å². The van der Waals surface area contributed by atoms with Crippen molar-refractivity contribution in [3.05, 3.63) is 58.2 Å². The Bertz CT molecular complexity index is 812. The van der Waals surface area contributed by atoms with Crippen molar-refractivity contribution in [1.29, 1.82) is 0 Å². The Labute approximate surface area is 140 Å². The quantitative estimate of drug-likeness (QED) is 0.635. The van der Waals surface area contributed by atoms with Gasteiger partial charge < -0.3 is 0 Å². The molecule has 0 N–H and O–H groups in total. The Kier molecular flexibility index (Phi) is 4.68. The van der Waals surface area contributed by atoms with E-state index in [0.29, 0.717) is 16.3 Å². The molecule has 0 aliphatic heterocycles. The summed E-state index contributed by atoms with van der Waals surface area (Å²) in [6, 6.07) is 7.25. The highest BCUT2D eigenvalue weighted by Gasteiger charge is 2.10. The molecule has 0 aliphatic rings. The molecule has 0 bridgehead atoms. The molecule has 0 spiro atoms. The second kappa shape index (κ2) is 6.72. The minimum absolute atomic E-state index is 0.432. The predicted octanol–water partition coefficient (Wildman–Crippen LogP) is 4.79. The lowest BCUT2D eigenvalue weighted by atomic mass is 10.2. The number of hydrogen-bond donors (Lipinski definition) is 0. The van der Waals surface area contributed by atoms with Gasteiger partial charge in [0.15, 0.2) is 0 Å². The first-order valence-electron chi connectivity index (χ1n) is 6.87. The standard InChI is InChI=1S/C16H13F2N3S2/c1-9-16(23-10(2)19-9)14-3-4-15(21-20-14)22-8-11-5-12(17)7-13(18)6-11/h3-7H,8H2,1-2H3. The maximum Gasteiger partial charge on any atom is 0.126 e. The summed E-state index contributed by atoms with van der Waals surface area (Å²) in [5.74, 6) is -0.711. The molecule has 0 amide bonds. The molecule has 23 heavy (non-hydrogen) atoms. The highest BCUT2D eigenvalue weighted by Crippen LogP contribution is 2.29. The molecule has 1 aromatic carbocycles. The Morgan fingerprint density at radius 3 is 2.35 bits per heavy atom. The number of aryl methyl sites for hydroxylation is 2. The van der Waals surface area contributed by atoms with Gasteiger partial charge in [0.05, 0.1) is 15.6 Å². The van der Waals surface area contributed by atoms with Crippen LogP contribution in [0.25, 0.3) is 10.6 Å². The fraction of sp³-hybridized carbons (Fsp3) is 0.188. The van der Waals surface area contributed by atoms with E-state index >= 15 is 0 Å². The first-order chi connectivity index (χ1) is 11.0. The Hall–Kier alpha value is -1.86. The SMILES string of the molecule is Cc1nc(C)c(-c2ccc(SCc3cc(F)cc(F)c3)nn2)s1. The van der Waals surface area contributed by atoms with E-state index in [0.717, 1.165) is 27.3 Å². The molecule has 118 valence electrons. The lowest BCUT2D eigenvalue weighted by molar-refractivity contribution is 0.581. The van der Waals surface area contributed by atoms with Crippen LogP contribution in [0.2, 0.25) is 0 Å². The summed E-state index contributed by atoms with van der Waals surface area (Å²) in [5, 5.41) is 10.1. The van der Waals surface area contributed by atoms with Crippen molar-refractivity contribution in [2.75, 3.05) is 0 Å². The summed E-state index contributed by atoms with van der Waals surface area (Å²) in [7, 11) is 0. The zero-order valence-electron chi connectivity index (χ0n) is 12.5. The number of thiazole rings is 1. The minimum atomic E-state index is -0.571. The molecule has 3 rings (SSSR count). The molecule has 0 radical (unpaired) electrons. The molecule has 0 saturated heterocycles. The summed E-state index contributed by atoms with van der Waals surface area (Å²) in [6.07, 6.45) is 0. The molecule has 7 heteroatoms. The van der Waals surface area contributed by atoms with Crippen LogP contribution in [0, 0.1) is 25.5 Å². The van der Waals surface area contributed by atoms with Crippen molar-refractivity contribution >= 4 is 23.1 Å². The smallest absolute Gasteiger partial charge is 0.126 e. The van der Waals surface area contributed by atoms with Gasteiger partial charge in [-0.25, -0.2) is 13.8 Å². The normalized spacial score (nSPS) is 11.0. The summed E-state index contributed by atoms with van der Waals surface area (Å²) in [6.45, 7) is 3.90. The summed E-state index contributed by atoms with van der Waals surface area (Å²) >= 11 is 2.97. The third kappa shape index (κ3) is 3.92. The maximum absolute atomic E-state index is 13.2. The molecule has 3 aromatic rings. The molecule has 0 fully saturated rings. The Morgan fingerprint density at radius 1 is 1.04 bits per heavy atom. The van der Waals surface area contributed by atoms with Crippen LogP contribution in [-0.4, -0.2) is 15.2 Å². The van der Waals surface area contributed by atoms with E-state index in [4.69, 9.17) is 0 Å². The Balaban J connectivity index is 1.71. The maximum atomic E-state index is 13.2. The van der Waals surface area contributed by atoms with Crippen molar-refractivity contribution in [2.24, 2.45) is 0 Å². The first kappa shape index (κ1) is 16.0. The molecule has 2 aromatic heterocycles. The fourth-order valence-corrected chi connectivity index (χ4v) is 3.77. The van der Waals surface area contributed by atoms with E-state index in [-0.39, 0.29) is 0 Å². The van der Waals surface area contributed by atoms with Gasteiger partial charge in [-0.2, -0.15) is 0 Å². The number of benzene rings is 1. The van der Waals surface area contributed by atoms with Crippen LogP contribution in [0.15, 0.2) is 35.4 Å². The lowest BCUT2D eigenvalue weighted by Gasteiger charge is -2.03. The van der Waals surface area contributed by atoms with Crippen LogP contribution >= 0.6 is 23.1 Å². The van der Waals surface area contributed by atoms with Crippen LogP contribution in [0.1, 0.15) is 16.3 Å². The third-order valence-electron chi connectivity index (χ3n) is 3.09. The number of nitrogens with zero attached hydrogens (tertiary/aromatic N) is 3. The number of halogens is 2. The number of thioether (sulfide) groups is 1. The van der Waals surface area contributed by atoms with Crippen molar-refractivity contribution < 1.29 is 8.78 Å². The van der Waals surface area contributed by atoms with Gasteiger partial charge in [0.25, 0.3) is 0 Å². The van der Waals surface area contributed by atoms with Crippen LogP contribution < -0.4 is 0 Å². The van der Waals surface area contributed by atoms with Crippen LogP contribution in [-0.2, 0) is 5.75 Å². The fourth-order valence-electron chi connectivity index (χ4n) is 2.14. The largest absolute Gasteiger partial charge is 0.246 e. The van der Waals surface area contributed by atoms with Gasteiger partial charge >= 0.3 is 0 Å². The van der Waals surface area contributed by atoms with Gasteiger partial charge in [0.2, 0.25) is 0 Å². The molecular formula is C16H13F2N3S2. The molecule has 0 saturated carbocycles. The molecule has 3 nitrogen and oxygen atoms in total. The Morgan fingerprint density at radius 2 is 1.78 bits per heavy atom. The summed E-state index contributed by atoms with van der Waals surface area (Å²) < 4.78 is 26.3. The van der Waals surface area contributed by atoms with E-state index in [1.54, 1.807) is 11.3 Å². The molecule has 0 atom stereocenters. The molecule has 0 aliphatic carbocycles. The van der Waals surface area contributed by atoms with E-state index in [2.05, 4.69) is 15.2 Å².